The summed E-state index contributed by atoms with van der Waals surface area (Å²) in [5.41, 5.74) is 2.97. The zero-order valence-electron chi connectivity index (χ0n) is 12.4. The molecular weight excluding hydrogens is 254 g/mol. The maximum absolute atomic E-state index is 12.0. The van der Waals surface area contributed by atoms with Crippen LogP contribution in [0.3, 0.4) is 0 Å². The van der Waals surface area contributed by atoms with Crippen LogP contribution in [0, 0.1) is 0 Å². The number of hydrogen-bond acceptors (Lipinski definition) is 2. The molecule has 20 heavy (non-hydrogen) atoms. The molecule has 108 valence electrons. The molecule has 1 atom stereocenters. The van der Waals surface area contributed by atoms with Crippen LogP contribution in [0.1, 0.15) is 50.7 Å². The van der Waals surface area contributed by atoms with Crippen LogP contribution in [0.15, 0.2) is 18.2 Å². The Hall–Kier alpha value is -1.84. The highest BCUT2D eigenvalue weighted by atomic mass is 16.4. The molecular formula is C16H21NO3. The molecule has 0 aliphatic carbocycles. The van der Waals surface area contributed by atoms with Crippen LogP contribution < -0.4 is 4.90 Å². The zero-order chi connectivity index (χ0) is 15.1. The van der Waals surface area contributed by atoms with Gasteiger partial charge in [-0.3, -0.25) is 9.59 Å². The smallest absolute Gasteiger partial charge is 0.303 e. The molecule has 0 radical (unpaired) electrons. The van der Waals surface area contributed by atoms with E-state index in [2.05, 4.69) is 26.8 Å². The van der Waals surface area contributed by atoms with E-state index < -0.39 is 5.97 Å². The van der Waals surface area contributed by atoms with Gasteiger partial charge in [-0.25, -0.2) is 0 Å². The molecule has 0 bridgehead atoms. The van der Waals surface area contributed by atoms with Crippen molar-refractivity contribution in [3.8, 4) is 0 Å². The largest absolute Gasteiger partial charge is 0.481 e. The number of anilines is 1. The minimum absolute atomic E-state index is 0.000175. The van der Waals surface area contributed by atoms with E-state index in [4.69, 9.17) is 5.11 Å². The standard InChI is InChI=1S/C16H21NO3/c1-16(2,3)11-5-6-13-12(9-11)10(8-15(19)20)7-14(18)17(13)4/h5-6,9-10H,7-8H2,1-4H3,(H,19,20). The third-order valence-electron chi connectivity index (χ3n) is 3.91. The third kappa shape index (κ3) is 2.69. The molecule has 1 N–H and O–H groups in total. The van der Waals surface area contributed by atoms with Gasteiger partial charge in [-0.15, -0.1) is 0 Å². The molecule has 1 aliphatic rings. The number of rotatable bonds is 2. The molecule has 1 aliphatic heterocycles. The van der Waals surface area contributed by atoms with Crippen molar-refractivity contribution in [1.82, 2.24) is 0 Å². The number of aliphatic carboxylic acids is 1. The van der Waals surface area contributed by atoms with Gasteiger partial charge in [0, 0.05) is 25.1 Å². The van der Waals surface area contributed by atoms with Crippen molar-refractivity contribution >= 4 is 17.6 Å². The van der Waals surface area contributed by atoms with Gasteiger partial charge in [0.1, 0.15) is 0 Å². The van der Waals surface area contributed by atoms with Gasteiger partial charge in [0.15, 0.2) is 0 Å². The average molecular weight is 275 g/mol. The summed E-state index contributed by atoms with van der Waals surface area (Å²) in [4.78, 5) is 24.6. The number of carboxylic acid groups (broad SMARTS) is 1. The highest BCUT2D eigenvalue weighted by Gasteiger charge is 2.31. The first-order chi connectivity index (χ1) is 9.20. The molecule has 0 fully saturated rings. The number of carboxylic acids is 1. The lowest BCUT2D eigenvalue weighted by Crippen LogP contribution is -2.34. The first-order valence-corrected chi connectivity index (χ1v) is 6.83. The minimum atomic E-state index is -0.862. The monoisotopic (exact) mass is 275 g/mol. The Morgan fingerprint density at radius 1 is 1.40 bits per heavy atom. The maximum atomic E-state index is 12.0. The van der Waals surface area contributed by atoms with E-state index in [0.29, 0.717) is 0 Å². The fourth-order valence-corrected chi connectivity index (χ4v) is 2.64. The quantitative estimate of drug-likeness (QED) is 0.902. The molecule has 4 nitrogen and oxygen atoms in total. The van der Waals surface area contributed by atoms with Crippen molar-refractivity contribution in [2.45, 2.75) is 44.9 Å². The van der Waals surface area contributed by atoms with E-state index in [1.54, 1.807) is 11.9 Å². The predicted octanol–water partition coefficient (Wildman–Crippen LogP) is 2.91. The van der Waals surface area contributed by atoms with Crippen LogP contribution in [-0.4, -0.2) is 24.0 Å². The van der Waals surface area contributed by atoms with E-state index in [0.717, 1.165) is 16.8 Å². The number of amides is 1. The lowest BCUT2D eigenvalue weighted by Gasteiger charge is -2.32. The summed E-state index contributed by atoms with van der Waals surface area (Å²) in [6.45, 7) is 6.37. The Balaban J connectivity index is 2.51. The lowest BCUT2D eigenvalue weighted by atomic mass is 9.81. The highest BCUT2D eigenvalue weighted by molar-refractivity contribution is 5.97. The van der Waals surface area contributed by atoms with Gasteiger partial charge in [0.2, 0.25) is 5.91 Å². The SMILES string of the molecule is CN1C(=O)CC(CC(=O)O)c2cc(C(C)(C)C)ccc21. The van der Waals surface area contributed by atoms with Gasteiger partial charge >= 0.3 is 5.97 Å². The Bertz CT molecular complexity index is 557. The summed E-state index contributed by atoms with van der Waals surface area (Å²) >= 11 is 0. The molecule has 0 saturated carbocycles. The van der Waals surface area contributed by atoms with Crippen molar-refractivity contribution in [1.29, 1.82) is 0 Å². The molecule has 0 aromatic heterocycles. The van der Waals surface area contributed by atoms with Crippen molar-refractivity contribution in [3.63, 3.8) is 0 Å². The van der Waals surface area contributed by atoms with Gasteiger partial charge in [-0.05, 0) is 22.6 Å². The number of carbonyl (C=O) groups excluding carboxylic acids is 1. The van der Waals surface area contributed by atoms with Crippen molar-refractivity contribution in [3.05, 3.63) is 29.3 Å². The second kappa shape index (κ2) is 4.93. The summed E-state index contributed by atoms with van der Waals surface area (Å²) in [6, 6.07) is 6.01. The summed E-state index contributed by atoms with van der Waals surface area (Å²) in [7, 11) is 1.74. The summed E-state index contributed by atoms with van der Waals surface area (Å²) in [5, 5.41) is 9.05. The Morgan fingerprint density at radius 3 is 2.60 bits per heavy atom. The molecule has 1 unspecified atom stereocenters. The fraction of sp³-hybridized carbons (Fsp3) is 0.500. The fourth-order valence-electron chi connectivity index (χ4n) is 2.64. The maximum Gasteiger partial charge on any atom is 0.303 e. The van der Waals surface area contributed by atoms with E-state index in [9.17, 15) is 9.59 Å². The third-order valence-corrected chi connectivity index (χ3v) is 3.91. The minimum Gasteiger partial charge on any atom is -0.481 e. The Kier molecular flexibility index (Phi) is 3.59. The summed E-state index contributed by atoms with van der Waals surface area (Å²) < 4.78 is 0. The molecule has 1 aromatic carbocycles. The predicted molar refractivity (Wildman–Crippen MR) is 78.2 cm³/mol. The van der Waals surface area contributed by atoms with E-state index >= 15 is 0 Å². The van der Waals surface area contributed by atoms with Crippen molar-refractivity contribution in [2.75, 3.05) is 11.9 Å². The molecule has 0 saturated heterocycles. The average Bonchev–Trinajstić information content (AvgIpc) is 2.33. The number of fused-ring (bicyclic) bond motifs is 1. The lowest BCUT2D eigenvalue weighted by molar-refractivity contribution is -0.137. The van der Waals surface area contributed by atoms with Crippen LogP contribution in [0.2, 0.25) is 0 Å². The van der Waals surface area contributed by atoms with Crippen molar-refractivity contribution < 1.29 is 14.7 Å². The van der Waals surface area contributed by atoms with Gasteiger partial charge in [-0.2, -0.15) is 0 Å². The molecule has 1 heterocycles. The van der Waals surface area contributed by atoms with Crippen LogP contribution in [0.4, 0.5) is 5.69 Å². The van der Waals surface area contributed by atoms with Gasteiger partial charge in [0.05, 0.1) is 6.42 Å². The van der Waals surface area contributed by atoms with E-state index in [1.165, 1.54) is 0 Å². The molecule has 1 amide bonds. The summed E-state index contributed by atoms with van der Waals surface area (Å²) in [6.07, 6.45) is 0.267. The van der Waals surface area contributed by atoms with Crippen LogP contribution in [0.25, 0.3) is 0 Å². The topological polar surface area (TPSA) is 57.6 Å². The summed E-state index contributed by atoms with van der Waals surface area (Å²) in [5.74, 6) is -1.11. The highest BCUT2D eigenvalue weighted by Crippen LogP contribution is 2.39. The van der Waals surface area contributed by atoms with Crippen molar-refractivity contribution in [2.24, 2.45) is 0 Å². The van der Waals surface area contributed by atoms with E-state index in [-0.39, 0.29) is 30.1 Å². The second-order valence-electron chi connectivity index (χ2n) is 6.48. The van der Waals surface area contributed by atoms with Crippen LogP contribution in [0.5, 0.6) is 0 Å². The van der Waals surface area contributed by atoms with Gasteiger partial charge in [-0.1, -0.05) is 32.9 Å². The molecule has 4 heteroatoms. The second-order valence-corrected chi connectivity index (χ2v) is 6.48. The molecule has 2 rings (SSSR count). The van der Waals surface area contributed by atoms with Gasteiger partial charge < -0.3 is 10.0 Å². The van der Waals surface area contributed by atoms with Gasteiger partial charge in [0.25, 0.3) is 0 Å². The Labute approximate surface area is 119 Å². The zero-order valence-corrected chi connectivity index (χ0v) is 12.4. The van der Waals surface area contributed by atoms with Crippen LogP contribution >= 0.6 is 0 Å². The molecule has 1 aromatic rings. The normalized spacial score (nSPS) is 18.9. The Morgan fingerprint density at radius 2 is 2.05 bits per heavy atom. The first-order valence-electron chi connectivity index (χ1n) is 6.83. The number of carbonyl (C=O) groups is 2. The van der Waals surface area contributed by atoms with Crippen LogP contribution in [-0.2, 0) is 15.0 Å². The number of nitrogens with zero attached hydrogens (tertiary/aromatic N) is 1. The molecule has 0 spiro atoms. The van der Waals surface area contributed by atoms with E-state index in [1.807, 2.05) is 12.1 Å². The first kappa shape index (κ1) is 14.6. The number of hydrogen-bond donors (Lipinski definition) is 1. The number of benzene rings is 1.